The lowest BCUT2D eigenvalue weighted by Gasteiger charge is -2.18. The van der Waals surface area contributed by atoms with Crippen LogP contribution in [0.25, 0.3) is 44.6 Å². The molecule has 0 atom stereocenters. The Labute approximate surface area is 318 Å². The fraction of sp³-hybridized carbons (Fsp3) is 0.500. The molecular weight excluding hydrogens is 717 g/mol. The maximum Gasteiger partial charge on any atom is 0.189 e. The molecule has 53 heavy (non-hydrogen) atoms. The molecule has 0 unspecified atom stereocenters. The van der Waals surface area contributed by atoms with Crippen molar-refractivity contribution in [3.63, 3.8) is 0 Å². The van der Waals surface area contributed by atoms with E-state index in [1.807, 2.05) is 35.0 Å². The second-order valence-corrected chi connectivity index (χ2v) is 34.3. The summed E-state index contributed by atoms with van der Waals surface area (Å²) < 4.78 is 34.2. The SMILES string of the molecule is COc1cc(-c2ccc3c(-c4nc5ccccc5n4COCC[Si](C)(C)C)nn(COCC[Si](C)(C)C)c3c2)c(CO)cc1OCOCC[Si](C)(C)C. The maximum atomic E-state index is 10.6. The van der Waals surface area contributed by atoms with Crippen molar-refractivity contribution in [1.82, 2.24) is 19.3 Å². The third kappa shape index (κ3) is 11.1. The molecule has 5 rings (SSSR count). The number of methoxy groups -OCH3 is 1. The van der Waals surface area contributed by atoms with E-state index >= 15 is 0 Å². The monoisotopic (exact) mass is 776 g/mol. The van der Waals surface area contributed by atoms with Crippen LogP contribution in [0.3, 0.4) is 0 Å². The molecule has 0 aliphatic rings. The molecule has 1 N–H and O–H groups in total. The van der Waals surface area contributed by atoms with Crippen LogP contribution in [-0.2, 0) is 34.3 Å². The quantitative estimate of drug-likeness (QED) is 0.0474. The largest absolute Gasteiger partial charge is 0.493 e. The Hall–Kier alpha value is -3.31. The van der Waals surface area contributed by atoms with Gasteiger partial charge in [0.1, 0.15) is 19.2 Å². The molecule has 0 amide bonds. The van der Waals surface area contributed by atoms with E-state index in [2.05, 4.69) is 87.8 Å². The van der Waals surface area contributed by atoms with Crippen LogP contribution in [0.4, 0.5) is 0 Å². The molecule has 288 valence electrons. The smallest absolute Gasteiger partial charge is 0.189 e. The van der Waals surface area contributed by atoms with Crippen LogP contribution in [0.5, 0.6) is 11.5 Å². The van der Waals surface area contributed by atoms with Gasteiger partial charge in [0.25, 0.3) is 0 Å². The van der Waals surface area contributed by atoms with Crippen molar-refractivity contribution in [3.8, 4) is 34.1 Å². The van der Waals surface area contributed by atoms with E-state index in [1.54, 1.807) is 7.11 Å². The van der Waals surface area contributed by atoms with Crippen LogP contribution in [0, 0.1) is 0 Å². The summed E-state index contributed by atoms with van der Waals surface area (Å²) in [7, 11) is -2.11. The zero-order chi connectivity index (χ0) is 38.4. The summed E-state index contributed by atoms with van der Waals surface area (Å²) in [6.45, 7) is 23.8. The van der Waals surface area contributed by atoms with Gasteiger partial charge in [-0.2, -0.15) is 5.10 Å². The van der Waals surface area contributed by atoms with Crippen molar-refractivity contribution < 1.29 is 28.8 Å². The summed E-state index contributed by atoms with van der Waals surface area (Å²) in [5.74, 6) is 1.85. The molecule has 0 aliphatic carbocycles. The molecule has 0 bridgehead atoms. The van der Waals surface area contributed by atoms with Crippen molar-refractivity contribution in [2.75, 3.05) is 33.7 Å². The van der Waals surface area contributed by atoms with Gasteiger partial charge in [-0.05, 0) is 71.2 Å². The van der Waals surface area contributed by atoms with Crippen molar-refractivity contribution in [2.45, 2.75) is 97.1 Å². The van der Waals surface area contributed by atoms with Crippen LogP contribution in [0.1, 0.15) is 5.56 Å². The first-order valence-electron chi connectivity index (χ1n) is 18.7. The van der Waals surface area contributed by atoms with Gasteiger partial charge in [0.05, 0.1) is 30.3 Å². The number of imidazole rings is 1. The molecule has 0 spiro atoms. The Kier molecular flexibility index (Phi) is 13.4. The minimum atomic E-state index is -1.28. The van der Waals surface area contributed by atoms with E-state index in [4.69, 9.17) is 33.8 Å². The fourth-order valence-electron chi connectivity index (χ4n) is 5.87. The Morgan fingerprint density at radius 1 is 0.698 bits per heavy atom. The number of nitrogens with zero attached hydrogens (tertiary/aromatic N) is 4. The van der Waals surface area contributed by atoms with Gasteiger partial charge >= 0.3 is 0 Å². The van der Waals surface area contributed by atoms with Gasteiger partial charge in [-0.3, -0.25) is 4.57 Å². The average Bonchev–Trinajstić information content (AvgIpc) is 3.64. The number of para-hydroxylation sites is 2. The number of aromatic nitrogens is 4. The standard InChI is InChI=1S/C40H60N4O6Si3/c1-46-37-25-33(31(26-45)24-38(37)50-29-49-19-22-53(8,9)10)30-15-16-32-36(23-30)44(28-48-18-21-52(5,6)7)42-39(32)40-41-34-13-11-12-14-35(34)43(40)27-47-17-20-51(2,3)4/h11-16,23-25,45H,17-22,26-29H2,1-10H3. The highest BCUT2D eigenvalue weighted by molar-refractivity contribution is 6.76. The number of benzene rings is 3. The minimum absolute atomic E-state index is 0.116. The van der Waals surface area contributed by atoms with E-state index in [1.165, 1.54) is 0 Å². The number of aliphatic hydroxyl groups excluding tert-OH is 1. The number of hydrogen-bond donors (Lipinski definition) is 1. The molecule has 0 radical (unpaired) electrons. The molecule has 10 nitrogen and oxygen atoms in total. The predicted octanol–water partition coefficient (Wildman–Crippen LogP) is 9.54. The summed E-state index contributed by atoms with van der Waals surface area (Å²) in [5.41, 5.74) is 6.05. The Bertz CT molecular complexity index is 1970. The number of fused-ring (bicyclic) bond motifs is 2. The Morgan fingerprint density at radius 2 is 1.34 bits per heavy atom. The van der Waals surface area contributed by atoms with E-state index in [9.17, 15) is 5.11 Å². The molecule has 0 fully saturated rings. The van der Waals surface area contributed by atoms with E-state index in [-0.39, 0.29) is 13.4 Å². The van der Waals surface area contributed by atoms with Gasteiger partial charge in [-0.1, -0.05) is 77.1 Å². The van der Waals surface area contributed by atoms with Crippen LogP contribution < -0.4 is 9.47 Å². The highest BCUT2D eigenvalue weighted by atomic mass is 28.3. The minimum Gasteiger partial charge on any atom is -0.493 e. The summed E-state index contributed by atoms with van der Waals surface area (Å²) >= 11 is 0. The summed E-state index contributed by atoms with van der Waals surface area (Å²) in [4.78, 5) is 5.10. The number of hydrogen-bond acceptors (Lipinski definition) is 8. The van der Waals surface area contributed by atoms with Crippen LogP contribution in [0.2, 0.25) is 77.1 Å². The topological polar surface area (TPSA) is 102 Å². The van der Waals surface area contributed by atoms with Gasteiger partial charge < -0.3 is 28.8 Å². The molecule has 0 saturated carbocycles. The first kappa shape index (κ1) is 40.9. The van der Waals surface area contributed by atoms with Crippen molar-refractivity contribution in [1.29, 1.82) is 0 Å². The van der Waals surface area contributed by atoms with E-state index in [0.717, 1.165) is 68.3 Å². The van der Waals surface area contributed by atoms with Crippen LogP contribution >= 0.6 is 0 Å². The average molecular weight is 777 g/mol. The maximum absolute atomic E-state index is 10.6. The number of aliphatic hydroxyl groups is 1. The van der Waals surface area contributed by atoms with Crippen molar-refractivity contribution >= 4 is 46.2 Å². The first-order chi connectivity index (χ1) is 25.1. The third-order valence-electron chi connectivity index (χ3n) is 9.21. The second-order valence-electron chi connectivity index (χ2n) is 17.4. The molecule has 5 aromatic rings. The van der Waals surface area contributed by atoms with Gasteiger partial charge in [-0.15, -0.1) is 0 Å². The lowest BCUT2D eigenvalue weighted by atomic mass is 9.98. The highest BCUT2D eigenvalue weighted by Crippen LogP contribution is 2.39. The van der Waals surface area contributed by atoms with E-state index < -0.39 is 24.2 Å². The Balaban J connectivity index is 1.53. The van der Waals surface area contributed by atoms with E-state index in [0.29, 0.717) is 44.8 Å². The lowest BCUT2D eigenvalue weighted by molar-refractivity contribution is 0.0204. The predicted molar refractivity (Wildman–Crippen MR) is 224 cm³/mol. The molecular formula is C40H60N4O6Si3. The first-order valence-corrected chi connectivity index (χ1v) is 29.8. The summed E-state index contributed by atoms with van der Waals surface area (Å²) in [6.07, 6.45) is 0. The van der Waals surface area contributed by atoms with Gasteiger partial charge in [-0.25, -0.2) is 9.67 Å². The van der Waals surface area contributed by atoms with Gasteiger partial charge in [0.2, 0.25) is 0 Å². The molecule has 0 saturated heterocycles. The van der Waals surface area contributed by atoms with Crippen molar-refractivity contribution in [2.24, 2.45) is 0 Å². The van der Waals surface area contributed by atoms with Gasteiger partial charge in [0, 0.05) is 49.4 Å². The number of rotatable bonds is 20. The van der Waals surface area contributed by atoms with Crippen LogP contribution in [-0.4, -0.2) is 82.4 Å². The highest BCUT2D eigenvalue weighted by Gasteiger charge is 2.23. The Morgan fingerprint density at radius 3 is 1.98 bits per heavy atom. The molecule has 0 aliphatic heterocycles. The fourth-order valence-corrected chi connectivity index (χ4v) is 8.14. The third-order valence-corrected chi connectivity index (χ3v) is 14.3. The zero-order valence-corrected chi connectivity index (χ0v) is 36.5. The normalized spacial score (nSPS) is 12.7. The zero-order valence-electron chi connectivity index (χ0n) is 33.5. The molecule has 2 heterocycles. The van der Waals surface area contributed by atoms with Gasteiger partial charge in [0.15, 0.2) is 24.1 Å². The summed E-state index contributed by atoms with van der Waals surface area (Å²) in [5, 5.41) is 16.7. The summed E-state index contributed by atoms with van der Waals surface area (Å²) in [6, 6.07) is 21.4. The van der Waals surface area contributed by atoms with Crippen molar-refractivity contribution in [3.05, 3.63) is 60.2 Å². The molecule has 13 heteroatoms. The molecule has 2 aromatic heterocycles. The number of ether oxygens (including phenoxy) is 5. The van der Waals surface area contributed by atoms with Crippen LogP contribution in [0.15, 0.2) is 54.6 Å². The lowest BCUT2D eigenvalue weighted by Crippen LogP contribution is -2.22. The second kappa shape index (κ2) is 17.4. The molecule has 3 aromatic carbocycles.